The Kier molecular flexibility index (Phi) is 6.41. The molecule has 33 heavy (non-hydrogen) atoms. The molecule has 2 saturated carbocycles. The number of rotatable bonds is 5. The lowest BCUT2D eigenvalue weighted by molar-refractivity contribution is -0.139. The van der Waals surface area contributed by atoms with Crippen LogP contribution in [-0.4, -0.2) is 5.78 Å². The van der Waals surface area contributed by atoms with Crippen molar-refractivity contribution in [3.8, 4) is 0 Å². The topological polar surface area (TPSA) is 17.1 Å². The Balaban J connectivity index is 1.62. The molecule has 0 amide bonds. The van der Waals surface area contributed by atoms with Crippen LogP contribution in [0.15, 0.2) is 22.8 Å². The molecule has 2 fully saturated rings. The largest absolute Gasteiger partial charge is 0.299 e. The van der Waals surface area contributed by atoms with Crippen molar-refractivity contribution < 1.29 is 4.79 Å². The molecule has 6 atom stereocenters. The first-order valence-corrected chi connectivity index (χ1v) is 14.2. The van der Waals surface area contributed by atoms with Crippen LogP contribution in [0.5, 0.6) is 0 Å². The van der Waals surface area contributed by atoms with Gasteiger partial charge >= 0.3 is 0 Å². The van der Waals surface area contributed by atoms with Gasteiger partial charge in [-0.15, -0.1) is 0 Å². The molecule has 0 aromatic rings. The fourth-order valence-corrected chi connectivity index (χ4v) is 9.80. The fourth-order valence-electron chi connectivity index (χ4n) is 9.80. The predicted octanol–water partition coefficient (Wildman–Crippen LogP) is 9.32. The summed E-state index contributed by atoms with van der Waals surface area (Å²) in [7, 11) is 0. The summed E-state index contributed by atoms with van der Waals surface area (Å²) >= 11 is 0. The van der Waals surface area contributed by atoms with Crippen LogP contribution in [0, 0.1) is 45.3 Å². The number of hydrogen-bond acceptors (Lipinski definition) is 1. The summed E-state index contributed by atoms with van der Waals surface area (Å²) < 4.78 is 0. The third kappa shape index (κ3) is 3.57. The molecular formula is C32H52O. The highest BCUT2D eigenvalue weighted by Gasteiger charge is 2.63. The van der Waals surface area contributed by atoms with E-state index in [0.29, 0.717) is 28.4 Å². The Morgan fingerprint density at radius 1 is 0.939 bits per heavy atom. The van der Waals surface area contributed by atoms with Crippen LogP contribution >= 0.6 is 0 Å². The van der Waals surface area contributed by atoms with Gasteiger partial charge in [-0.3, -0.25) is 4.79 Å². The lowest BCUT2D eigenvalue weighted by atomic mass is 9.43. The molecule has 0 heterocycles. The Morgan fingerprint density at radius 2 is 1.64 bits per heavy atom. The molecule has 0 spiro atoms. The van der Waals surface area contributed by atoms with E-state index in [1.165, 1.54) is 51.4 Å². The zero-order valence-electron chi connectivity index (χ0n) is 23.4. The van der Waals surface area contributed by atoms with Crippen LogP contribution < -0.4 is 0 Å². The summed E-state index contributed by atoms with van der Waals surface area (Å²) in [5.74, 6) is 3.36. The van der Waals surface area contributed by atoms with Crippen LogP contribution in [0.3, 0.4) is 0 Å². The zero-order valence-corrected chi connectivity index (χ0v) is 23.4. The number of ketones is 1. The van der Waals surface area contributed by atoms with Crippen molar-refractivity contribution in [1.82, 2.24) is 0 Å². The van der Waals surface area contributed by atoms with Crippen molar-refractivity contribution >= 4 is 5.78 Å². The van der Waals surface area contributed by atoms with Gasteiger partial charge in [0.2, 0.25) is 0 Å². The predicted molar refractivity (Wildman–Crippen MR) is 141 cm³/mol. The van der Waals surface area contributed by atoms with Gasteiger partial charge in [-0.2, -0.15) is 0 Å². The van der Waals surface area contributed by atoms with Crippen molar-refractivity contribution in [3.05, 3.63) is 22.8 Å². The Labute approximate surface area is 205 Å². The molecule has 4 aliphatic carbocycles. The second-order valence-corrected chi connectivity index (χ2v) is 14.0. The lowest BCUT2D eigenvalue weighted by Crippen LogP contribution is -2.53. The maximum Gasteiger partial charge on any atom is 0.138 e. The van der Waals surface area contributed by atoms with Gasteiger partial charge in [0, 0.05) is 11.8 Å². The van der Waals surface area contributed by atoms with E-state index in [2.05, 4.69) is 68.4 Å². The SMILES string of the molecule is CC=C(CC[C@@H](C)[C@H]1CC[C@@]2(C)C3=C(CC[C@]12C)[C@@]1(C)CCC(=O)C(C)(C)[C@@H]1CC3)C(C)C. The van der Waals surface area contributed by atoms with Gasteiger partial charge in [0.15, 0.2) is 0 Å². The minimum absolute atomic E-state index is 0.152. The molecule has 4 rings (SSSR count). The molecule has 0 aliphatic heterocycles. The monoisotopic (exact) mass is 452 g/mol. The molecule has 4 aliphatic rings. The van der Waals surface area contributed by atoms with Crippen molar-refractivity contribution in [1.29, 1.82) is 0 Å². The van der Waals surface area contributed by atoms with Gasteiger partial charge in [0.1, 0.15) is 5.78 Å². The molecule has 0 unspecified atom stereocenters. The van der Waals surface area contributed by atoms with Gasteiger partial charge in [0.25, 0.3) is 0 Å². The van der Waals surface area contributed by atoms with E-state index >= 15 is 0 Å². The van der Waals surface area contributed by atoms with E-state index in [1.54, 1.807) is 5.57 Å². The maximum absolute atomic E-state index is 12.8. The first kappa shape index (κ1) is 25.2. The molecule has 0 aromatic carbocycles. The summed E-state index contributed by atoms with van der Waals surface area (Å²) in [5.41, 5.74) is 6.19. The van der Waals surface area contributed by atoms with Crippen LogP contribution in [0.2, 0.25) is 0 Å². The molecule has 186 valence electrons. The number of Topliss-reactive ketones (excluding diaryl/α,β-unsaturated/α-hetero) is 1. The summed E-state index contributed by atoms with van der Waals surface area (Å²) in [6.45, 7) is 21.9. The number of hydrogen-bond donors (Lipinski definition) is 0. The molecular weight excluding hydrogens is 400 g/mol. The van der Waals surface area contributed by atoms with E-state index < -0.39 is 0 Å². The standard InChI is InChI=1S/C32H52O/c1-10-23(21(2)3)12-11-22(4)24-15-19-32(9)26-13-14-27-29(5,6)28(33)17-18-30(27,7)25(26)16-20-31(24,32)8/h10,21-22,24,27H,11-20H2,1-9H3/t22-,24-,27+,30-,31-,32+/m1/s1. The van der Waals surface area contributed by atoms with Gasteiger partial charge in [-0.1, -0.05) is 78.2 Å². The van der Waals surface area contributed by atoms with Crippen LogP contribution in [0.25, 0.3) is 0 Å². The average molecular weight is 453 g/mol. The van der Waals surface area contributed by atoms with Crippen LogP contribution in [0.4, 0.5) is 0 Å². The highest BCUT2D eigenvalue weighted by atomic mass is 16.1. The van der Waals surface area contributed by atoms with E-state index in [1.807, 2.05) is 11.1 Å². The summed E-state index contributed by atoms with van der Waals surface area (Å²) in [5, 5.41) is 0. The Morgan fingerprint density at radius 3 is 2.27 bits per heavy atom. The summed E-state index contributed by atoms with van der Waals surface area (Å²) in [4.78, 5) is 12.8. The minimum atomic E-state index is -0.152. The Bertz CT molecular complexity index is 856. The smallest absolute Gasteiger partial charge is 0.138 e. The van der Waals surface area contributed by atoms with Crippen molar-refractivity contribution in [2.45, 2.75) is 127 Å². The number of fused-ring (bicyclic) bond motifs is 4. The Hall–Kier alpha value is -0.850. The molecule has 1 heteroatoms. The number of carbonyl (C=O) groups excluding carboxylic acids is 1. The van der Waals surface area contributed by atoms with Gasteiger partial charge in [-0.25, -0.2) is 0 Å². The normalized spacial score (nSPS) is 41.6. The lowest BCUT2D eigenvalue weighted by Gasteiger charge is -2.61. The maximum atomic E-state index is 12.8. The van der Waals surface area contributed by atoms with Crippen LogP contribution in [-0.2, 0) is 4.79 Å². The summed E-state index contributed by atoms with van der Waals surface area (Å²) in [6, 6.07) is 0. The molecule has 0 N–H and O–H groups in total. The van der Waals surface area contributed by atoms with Gasteiger partial charge < -0.3 is 0 Å². The van der Waals surface area contributed by atoms with E-state index in [9.17, 15) is 4.79 Å². The first-order valence-electron chi connectivity index (χ1n) is 14.2. The average Bonchev–Trinajstić information content (AvgIpc) is 3.03. The summed E-state index contributed by atoms with van der Waals surface area (Å²) in [6.07, 6.45) is 14.7. The van der Waals surface area contributed by atoms with Gasteiger partial charge in [0.05, 0.1) is 0 Å². The second-order valence-electron chi connectivity index (χ2n) is 14.0. The highest BCUT2D eigenvalue weighted by molar-refractivity contribution is 5.85. The molecule has 0 saturated heterocycles. The first-order chi connectivity index (χ1) is 15.3. The third-order valence-corrected chi connectivity index (χ3v) is 12.2. The van der Waals surface area contributed by atoms with Crippen molar-refractivity contribution in [2.75, 3.05) is 0 Å². The van der Waals surface area contributed by atoms with E-state index in [0.717, 1.165) is 24.7 Å². The van der Waals surface area contributed by atoms with E-state index in [4.69, 9.17) is 0 Å². The quantitative estimate of drug-likeness (QED) is 0.380. The van der Waals surface area contributed by atoms with Gasteiger partial charge in [-0.05, 0) is 105 Å². The number of allylic oxidation sites excluding steroid dienone is 4. The zero-order chi connectivity index (χ0) is 24.4. The van der Waals surface area contributed by atoms with Crippen LogP contribution in [0.1, 0.15) is 127 Å². The highest BCUT2D eigenvalue weighted by Crippen LogP contribution is 2.72. The van der Waals surface area contributed by atoms with E-state index in [-0.39, 0.29) is 10.8 Å². The third-order valence-electron chi connectivity index (χ3n) is 12.2. The second kappa shape index (κ2) is 8.37. The minimum Gasteiger partial charge on any atom is -0.299 e. The van der Waals surface area contributed by atoms with Crippen molar-refractivity contribution in [3.63, 3.8) is 0 Å². The molecule has 0 bridgehead atoms. The molecule has 1 nitrogen and oxygen atoms in total. The fraction of sp³-hybridized carbons (Fsp3) is 0.844. The van der Waals surface area contributed by atoms with Crippen molar-refractivity contribution in [2.24, 2.45) is 45.3 Å². The molecule has 0 aromatic heterocycles. The number of carbonyl (C=O) groups is 1. The molecule has 0 radical (unpaired) electrons.